The first kappa shape index (κ1) is 22.5. The number of anilines is 1. The number of nitro benzene ring substituents is 1. The Morgan fingerprint density at radius 1 is 1.09 bits per heavy atom. The number of oxazole rings is 1. The van der Waals surface area contributed by atoms with Gasteiger partial charge in [-0.1, -0.05) is 32.4 Å². The lowest BCUT2D eigenvalue weighted by Crippen LogP contribution is -2.12. The molecule has 1 aromatic heterocycles. The van der Waals surface area contributed by atoms with Crippen LogP contribution in [-0.4, -0.2) is 15.8 Å². The zero-order chi connectivity index (χ0) is 23.9. The number of benzene rings is 3. The van der Waals surface area contributed by atoms with Gasteiger partial charge in [0.25, 0.3) is 11.6 Å². The molecule has 4 rings (SSSR count). The molecule has 0 aliphatic heterocycles. The van der Waals surface area contributed by atoms with Crippen LogP contribution in [0, 0.1) is 17.0 Å². The summed E-state index contributed by atoms with van der Waals surface area (Å²) in [7, 11) is 0. The third-order valence-corrected chi connectivity index (χ3v) is 5.67. The van der Waals surface area contributed by atoms with Gasteiger partial charge in [-0.25, -0.2) is 4.98 Å². The van der Waals surface area contributed by atoms with Crippen molar-refractivity contribution in [1.82, 2.24) is 4.98 Å². The molecule has 0 saturated carbocycles. The van der Waals surface area contributed by atoms with Crippen LogP contribution in [-0.2, 0) is 5.41 Å². The molecule has 0 saturated heterocycles. The predicted molar refractivity (Wildman–Crippen MR) is 129 cm³/mol. The molecule has 1 amide bonds. The molecule has 0 aliphatic carbocycles. The van der Waals surface area contributed by atoms with E-state index < -0.39 is 10.8 Å². The Morgan fingerprint density at radius 2 is 1.79 bits per heavy atom. The van der Waals surface area contributed by atoms with Crippen molar-refractivity contribution < 1.29 is 14.1 Å². The zero-order valence-electron chi connectivity index (χ0n) is 18.6. The fraction of sp³-hybridized carbons (Fsp3) is 0.200. The summed E-state index contributed by atoms with van der Waals surface area (Å²) < 4.78 is 5.96. The second kappa shape index (κ2) is 8.33. The standard InChI is InChI=1S/C25H22ClN3O4/c1-14-11-22-21(13-19(14)25(2,3)4)28-24(33-22)15-5-7-16(8-6-15)27-23(30)18-12-17(29(31)32)9-10-20(18)26/h5-13H,1-4H3,(H,27,30). The van der Waals surface area contributed by atoms with Gasteiger partial charge in [-0.3, -0.25) is 14.9 Å². The first-order valence-electron chi connectivity index (χ1n) is 10.3. The van der Waals surface area contributed by atoms with Crippen LogP contribution in [0.1, 0.15) is 42.3 Å². The summed E-state index contributed by atoms with van der Waals surface area (Å²) in [6, 6.07) is 14.8. The zero-order valence-corrected chi connectivity index (χ0v) is 19.4. The first-order chi connectivity index (χ1) is 15.5. The Kier molecular flexibility index (Phi) is 5.68. The molecule has 0 atom stereocenters. The number of halogens is 1. The molecule has 3 aromatic carbocycles. The topological polar surface area (TPSA) is 98.3 Å². The van der Waals surface area contributed by atoms with Crippen LogP contribution in [0.4, 0.5) is 11.4 Å². The summed E-state index contributed by atoms with van der Waals surface area (Å²) in [6.07, 6.45) is 0. The number of nitrogens with one attached hydrogen (secondary N) is 1. The fourth-order valence-corrected chi connectivity index (χ4v) is 3.91. The molecule has 1 N–H and O–H groups in total. The Morgan fingerprint density at radius 3 is 2.42 bits per heavy atom. The summed E-state index contributed by atoms with van der Waals surface area (Å²) in [5.41, 5.74) is 4.95. The van der Waals surface area contributed by atoms with Crippen LogP contribution < -0.4 is 5.32 Å². The maximum atomic E-state index is 12.6. The number of aryl methyl sites for hydroxylation is 1. The highest BCUT2D eigenvalue weighted by molar-refractivity contribution is 6.34. The quantitative estimate of drug-likeness (QED) is 0.262. The van der Waals surface area contributed by atoms with Crippen molar-refractivity contribution in [3.05, 3.63) is 86.4 Å². The van der Waals surface area contributed by atoms with Crippen LogP contribution in [0.3, 0.4) is 0 Å². The van der Waals surface area contributed by atoms with E-state index in [-0.39, 0.29) is 21.7 Å². The average molecular weight is 464 g/mol. The van der Waals surface area contributed by atoms with E-state index in [2.05, 4.69) is 44.1 Å². The Bertz CT molecular complexity index is 1390. The van der Waals surface area contributed by atoms with Crippen molar-refractivity contribution in [2.24, 2.45) is 0 Å². The highest BCUT2D eigenvalue weighted by atomic mass is 35.5. The number of amides is 1. The lowest BCUT2D eigenvalue weighted by atomic mass is 9.84. The number of carbonyl (C=O) groups is 1. The van der Waals surface area contributed by atoms with Crippen molar-refractivity contribution in [2.75, 3.05) is 5.32 Å². The van der Waals surface area contributed by atoms with Crippen LogP contribution in [0.25, 0.3) is 22.6 Å². The normalized spacial score (nSPS) is 11.5. The fourth-order valence-electron chi connectivity index (χ4n) is 3.70. The summed E-state index contributed by atoms with van der Waals surface area (Å²) in [6.45, 7) is 8.55. The number of hydrogen-bond donors (Lipinski definition) is 1. The molecule has 0 spiro atoms. The maximum Gasteiger partial charge on any atom is 0.270 e. The molecular formula is C25H22ClN3O4. The summed E-state index contributed by atoms with van der Waals surface area (Å²) in [5, 5.41) is 13.8. The van der Waals surface area contributed by atoms with E-state index in [1.165, 1.54) is 17.7 Å². The van der Waals surface area contributed by atoms with Gasteiger partial charge in [-0.2, -0.15) is 0 Å². The van der Waals surface area contributed by atoms with E-state index in [9.17, 15) is 14.9 Å². The molecule has 4 aromatic rings. The van der Waals surface area contributed by atoms with Gasteiger partial charge in [0.05, 0.1) is 15.5 Å². The summed E-state index contributed by atoms with van der Waals surface area (Å²) in [4.78, 5) is 27.6. The van der Waals surface area contributed by atoms with Gasteiger partial charge in [-0.05, 0) is 65.9 Å². The van der Waals surface area contributed by atoms with Gasteiger partial charge in [0.1, 0.15) is 5.52 Å². The van der Waals surface area contributed by atoms with Crippen LogP contribution in [0.5, 0.6) is 0 Å². The van der Waals surface area contributed by atoms with Gasteiger partial charge in [-0.15, -0.1) is 0 Å². The second-order valence-corrected chi connectivity index (χ2v) is 9.26. The minimum Gasteiger partial charge on any atom is -0.436 e. The SMILES string of the molecule is Cc1cc2oc(-c3ccc(NC(=O)c4cc([N+](=O)[O-])ccc4Cl)cc3)nc2cc1C(C)(C)C. The van der Waals surface area contributed by atoms with Crippen molar-refractivity contribution in [1.29, 1.82) is 0 Å². The van der Waals surface area contributed by atoms with Crippen molar-refractivity contribution >= 4 is 40.0 Å². The molecular weight excluding hydrogens is 442 g/mol. The van der Waals surface area contributed by atoms with E-state index in [4.69, 9.17) is 16.0 Å². The van der Waals surface area contributed by atoms with Gasteiger partial charge >= 0.3 is 0 Å². The molecule has 33 heavy (non-hydrogen) atoms. The molecule has 0 radical (unpaired) electrons. The number of rotatable bonds is 4. The smallest absolute Gasteiger partial charge is 0.270 e. The molecule has 0 fully saturated rings. The van der Waals surface area contributed by atoms with Gasteiger partial charge in [0, 0.05) is 23.4 Å². The average Bonchev–Trinajstić information content (AvgIpc) is 3.16. The highest BCUT2D eigenvalue weighted by Crippen LogP contribution is 2.32. The first-order valence-corrected chi connectivity index (χ1v) is 10.7. The molecule has 1 heterocycles. The lowest BCUT2D eigenvalue weighted by Gasteiger charge is -2.21. The Labute approximate surface area is 195 Å². The maximum absolute atomic E-state index is 12.6. The third-order valence-electron chi connectivity index (χ3n) is 5.34. The highest BCUT2D eigenvalue weighted by Gasteiger charge is 2.20. The molecule has 0 aliphatic rings. The number of non-ortho nitro benzene ring substituents is 1. The van der Waals surface area contributed by atoms with E-state index in [0.717, 1.165) is 22.7 Å². The molecule has 0 unspecified atom stereocenters. The number of nitrogens with zero attached hydrogens (tertiary/aromatic N) is 2. The number of nitro groups is 1. The number of carbonyl (C=O) groups excluding carboxylic acids is 1. The van der Waals surface area contributed by atoms with E-state index >= 15 is 0 Å². The van der Waals surface area contributed by atoms with E-state index in [1.54, 1.807) is 24.3 Å². The van der Waals surface area contributed by atoms with Gasteiger partial charge in [0.2, 0.25) is 5.89 Å². The van der Waals surface area contributed by atoms with Crippen molar-refractivity contribution in [3.8, 4) is 11.5 Å². The minimum absolute atomic E-state index is 0.000673. The molecule has 168 valence electrons. The Hall–Kier alpha value is -3.71. The van der Waals surface area contributed by atoms with Crippen molar-refractivity contribution in [3.63, 3.8) is 0 Å². The summed E-state index contributed by atoms with van der Waals surface area (Å²) >= 11 is 6.05. The third kappa shape index (κ3) is 4.59. The number of aromatic nitrogens is 1. The van der Waals surface area contributed by atoms with E-state index in [0.29, 0.717) is 17.2 Å². The van der Waals surface area contributed by atoms with Crippen LogP contribution in [0.15, 0.2) is 59.0 Å². The number of fused-ring (bicyclic) bond motifs is 1. The molecule has 0 bridgehead atoms. The van der Waals surface area contributed by atoms with Crippen molar-refractivity contribution in [2.45, 2.75) is 33.1 Å². The van der Waals surface area contributed by atoms with Gasteiger partial charge < -0.3 is 9.73 Å². The minimum atomic E-state index is -0.575. The number of hydrogen-bond acceptors (Lipinski definition) is 5. The lowest BCUT2D eigenvalue weighted by molar-refractivity contribution is -0.384. The molecule has 8 heteroatoms. The van der Waals surface area contributed by atoms with Gasteiger partial charge in [0.15, 0.2) is 5.58 Å². The second-order valence-electron chi connectivity index (χ2n) is 8.86. The Balaban J connectivity index is 1.58. The molecule has 7 nitrogen and oxygen atoms in total. The van der Waals surface area contributed by atoms with Crippen LogP contribution >= 0.6 is 11.6 Å². The van der Waals surface area contributed by atoms with E-state index in [1.807, 2.05) is 6.07 Å². The predicted octanol–water partition coefficient (Wildman–Crippen LogP) is 6.91. The largest absolute Gasteiger partial charge is 0.436 e. The summed E-state index contributed by atoms with van der Waals surface area (Å²) in [5.74, 6) is -0.0569. The van der Waals surface area contributed by atoms with Crippen LogP contribution in [0.2, 0.25) is 5.02 Å². The monoisotopic (exact) mass is 463 g/mol.